The molecule has 0 aliphatic rings. The fourth-order valence-electron chi connectivity index (χ4n) is 2.22. The van der Waals surface area contributed by atoms with Gasteiger partial charge >= 0.3 is 5.97 Å². The van der Waals surface area contributed by atoms with Crippen LogP contribution in [0.1, 0.15) is 92.4 Å². The van der Waals surface area contributed by atoms with Crippen LogP contribution < -0.4 is 0 Å². The van der Waals surface area contributed by atoms with Crippen molar-refractivity contribution in [2.45, 2.75) is 98.0 Å². The summed E-state index contributed by atoms with van der Waals surface area (Å²) in [6.45, 7) is 10.1. The van der Waals surface area contributed by atoms with Gasteiger partial charge in [0.15, 0.2) is 0 Å². The molecule has 0 radical (unpaired) electrons. The maximum atomic E-state index is 12.0. The van der Waals surface area contributed by atoms with Crippen molar-refractivity contribution in [3.63, 3.8) is 0 Å². The minimum absolute atomic E-state index is 0.0130. The van der Waals surface area contributed by atoms with E-state index in [2.05, 4.69) is 13.8 Å². The predicted molar refractivity (Wildman–Crippen MR) is 82.2 cm³/mol. The van der Waals surface area contributed by atoms with E-state index in [0.717, 1.165) is 19.3 Å². The summed E-state index contributed by atoms with van der Waals surface area (Å²) < 4.78 is 5.46. The molecule has 0 saturated carbocycles. The Balaban J connectivity index is 3.73. The lowest BCUT2D eigenvalue weighted by atomic mass is 9.97. The second kappa shape index (κ2) is 10.3. The van der Waals surface area contributed by atoms with Gasteiger partial charge < -0.3 is 4.74 Å². The number of hydrogen-bond acceptors (Lipinski definition) is 2. The van der Waals surface area contributed by atoms with Gasteiger partial charge in [-0.1, -0.05) is 58.8 Å². The summed E-state index contributed by atoms with van der Waals surface area (Å²) in [4.78, 5) is 12.0. The van der Waals surface area contributed by atoms with Crippen molar-refractivity contribution < 1.29 is 9.53 Å². The Labute approximate surface area is 120 Å². The van der Waals surface area contributed by atoms with Gasteiger partial charge in [-0.2, -0.15) is 0 Å². The number of unbranched alkanes of at least 4 members (excludes halogenated alkanes) is 6. The van der Waals surface area contributed by atoms with E-state index in [4.69, 9.17) is 4.74 Å². The second-order valence-electron chi connectivity index (χ2n) is 6.55. The van der Waals surface area contributed by atoms with E-state index in [0.29, 0.717) is 0 Å². The van der Waals surface area contributed by atoms with Gasteiger partial charge in [0.25, 0.3) is 0 Å². The minimum atomic E-state index is -0.356. The molecule has 0 rings (SSSR count). The van der Waals surface area contributed by atoms with Gasteiger partial charge in [0.2, 0.25) is 0 Å². The third-order valence-electron chi connectivity index (χ3n) is 3.39. The van der Waals surface area contributed by atoms with Crippen molar-refractivity contribution in [2.75, 3.05) is 0 Å². The molecule has 0 spiro atoms. The van der Waals surface area contributed by atoms with E-state index in [1.54, 1.807) is 0 Å². The summed E-state index contributed by atoms with van der Waals surface area (Å²) in [5, 5.41) is 0. The van der Waals surface area contributed by atoms with Crippen LogP contribution in [0.5, 0.6) is 0 Å². The van der Waals surface area contributed by atoms with E-state index >= 15 is 0 Å². The van der Waals surface area contributed by atoms with Crippen molar-refractivity contribution in [1.29, 1.82) is 0 Å². The van der Waals surface area contributed by atoms with E-state index in [-0.39, 0.29) is 17.5 Å². The molecule has 0 aromatic carbocycles. The highest BCUT2D eigenvalue weighted by atomic mass is 16.6. The number of ether oxygens (including phenoxy) is 1. The van der Waals surface area contributed by atoms with Gasteiger partial charge in [0.05, 0.1) is 5.92 Å². The van der Waals surface area contributed by atoms with Gasteiger partial charge in [-0.15, -0.1) is 0 Å². The molecule has 0 aliphatic carbocycles. The fourth-order valence-corrected chi connectivity index (χ4v) is 2.22. The molecule has 19 heavy (non-hydrogen) atoms. The molecule has 0 aromatic rings. The highest BCUT2D eigenvalue weighted by Gasteiger charge is 2.23. The lowest BCUT2D eigenvalue weighted by Crippen LogP contribution is -2.28. The molecule has 1 unspecified atom stereocenters. The highest BCUT2D eigenvalue weighted by molar-refractivity contribution is 5.72. The van der Waals surface area contributed by atoms with Gasteiger partial charge in [-0.25, -0.2) is 0 Å². The Hall–Kier alpha value is -0.530. The number of hydrogen-bond donors (Lipinski definition) is 0. The Morgan fingerprint density at radius 3 is 1.95 bits per heavy atom. The normalized spacial score (nSPS) is 13.3. The first-order chi connectivity index (χ1) is 8.90. The molecular weight excluding hydrogens is 236 g/mol. The van der Waals surface area contributed by atoms with Crippen LogP contribution in [0.15, 0.2) is 0 Å². The Morgan fingerprint density at radius 2 is 1.47 bits per heavy atom. The first kappa shape index (κ1) is 18.5. The van der Waals surface area contributed by atoms with Crippen LogP contribution in [0.25, 0.3) is 0 Å². The summed E-state index contributed by atoms with van der Waals surface area (Å²) >= 11 is 0. The summed E-state index contributed by atoms with van der Waals surface area (Å²) in [6.07, 6.45) is 11.0. The molecule has 114 valence electrons. The van der Waals surface area contributed by atoms with Gasteiger partial charge in [0, 0.05) is 0 Å². The van der Waals surface area contributed by atoms with Gasteiger partial charge in [-0.05, 0) is 33.6 Å². The molecule has 0 aliphatic heterocycles. The quantitative estimate of drug-likeness (QED) is 0.387. The third kappa shape index (κ3) is 11.0. The average molecular weight is 270 g/mol. The Kier molecular flexibility index (Phi) is 9.99. The molecule has 0 aromatic heterocycles. The number of esters is 1. The molecule has 0 bridgehead atoms. The standard InChI is InChI=1S/C17H34O2/c1-6-8-9-10-11-12-13-14-15(7-2)16(18)19-17(3,4)5/h15H,6-14H2,1-5H3. The topological polar surface area (TPSA) is 26.3 Å². The molecule has 0 N–H and O–H groups in total. The maximum absolute atomic E-state index is 12.0. The van der Waals surface area contributed by atoms with Gasteiger partial charge in [0.1, 0.15) is 5.60 Å². The van der Waals surface area contributed by atoms with Crippen molar-refractivity contribution in [3.8, 4) is 0 Å². The van der Waals surface area contributed by atoms with Crippen LogP contribution in [0.4, 0.5) is 0 Å². The lowest BCUT2D eigenvalue weighted by molar-refractivity contribution is -0.160. The van der Waals surface area contributed by atoms with Crippen LogP contribution in [0, 0.1) is 5.92 Å². The summed E-state index contributed by atoms with van der Waals surface area (Å²) in [6, 6.07) is 0. The van der Waals surface area contributed by atoms with E-state index in [9.17, 15) is 4.79 Å². The van der Waals surface area contributed by atoms with Crippen LogP contribution in [0.2, 0.25) is 0 Å². The first-order valence-corrected chi connectivity index (χ1v) is 8.13. The lowest BCUT2D eigenvalue weighted by Gasteiger charge is -2.23. The van der Waals surface area contributed by atoms with Crippen LogP contribution >= 0.6 is 0 Å². The number of carbonyl (C=O) groups excluding carboxylic acids is 1. The molecule has 0 saturated heterocycles. The zero-order chi connectivity index (χ0) is 14.7. The largest absolute Gasteiger partial charge is 0.460 e. The van der Waals surface area contributed by atoms with Crippen LogP contribution in [0.3, 0.4) is 0 Å². The SMILES string of the molecule is CCCCCCCCCC(CC)C(=O)OC(C)(C)C. The third-order valence-corrected chi connectivity index (χ3v) is 3.39. The maximum Gasteiger partial charge on any atom is 0.309 e. The molecular formula is C17H34O2. The second-order valence-corrected chi connectivity index (χ2v) is 6.55. The van der Waals surface area contributed by atoms with Crippen molar-refractivity contribution in [3.05, 3.63) is 0 Å². The summed E-state index contributed by atoms with van der Waals surface area (Å²) in [7, 11) is 0. The van der Waals surface area contributed by atoms with Crippen molar-refractivity contribution in [1.82, 2.24) is 0 Å². The predicted octanol–water partition coefficient (Wildman–Crippen LogP) is 5.50. The first-order valence-electron chi connectivity index (χ1n) is 8.13. The summed E-state index contributed by atoms with van der Waals surface area (Å²) in [5.41, 5.74) is -0.356. The molecule has 0 amide bonds. The fraction of sp³-hybridized carbons (Fsp3) is 0.941. The number of carbonyl (C=O) groups is 1. The zero-order valence-electron chi connectivity index (χ0n) is 13.8. The van der Waals surface area contributed by atoms with E-state index in [1.807, 2.05) is 20.8 Å². The zero-order valence-corrected chi connectivity index (χ0v) is 13.8. The van der Waals surface area contributed by atoms with Crippen LogP contribution in [-0.2, 0) is 9.53 Å². The molecule has 0 heterocycles. The Bertz CT molecular complexity index is 228. The van der Waals surface area contributed by atoms with E-state index < -0.39 is 0 Å². The molecule has 1 atom stereocenters. The molecule has 0 fully saturated rings. The molecule has 2 nitrogen and oxygen atoms in total. The van der Waals surface area contributed by atoms with Crippen molar-refractivity contribution >= 4 is 5.97 Å². The van der Waals surface area contributed by atoms with Crippen molar-refractivity contribution in [2.24, 2.45) is 5.92 Å². The molecule has 2 heteroatoms. The highest BCUT2D eigenvalue weighted by Crippen LogP contribution is 2.19. The van der Waals surface area contributed by atoms with Gasteiger partial charge in [-0.3, -0.25) is 4.79 Å². The number of rotatable bonds is 10. The Morgan fingerprint density at radius 1 is 0.947 bits per heavy atom. The monoisotopic (exact) mass is 270 g/mol. The van der Waals surface area contributed by atoms with E-state index in [1.165, 1.54) is 38.5 Å². The average Bonchev–Trinajstić information content (AvgIpc) is 2.30. The van der Waals surface area contributed by atoms with Crippen LogP contribution in [-0.4, -0.2) is 11.6 Å². The smallest absolute Gasteiger partial charge is 0.309 e. The minimum Gasteiger partial charge on any atom is -0.460 e. The summed E-state index contributed by atoms with van der Waals surface area (Å²) in [5.74, 6) is 0.0795.